The summed E-state index contributed by atoms with van der Waals surface area (Å²) in [5.74, 6) is 0.524. The first-order valence-corrected chi connectivity index (χ1v) is 9.75. The molecule has 3 rings (SSSR count). The maximum Gasteiger partial charge on any atom is 0.261 e. The lowest BCUT2D eigenvalue weighted by Crippen LogP contribution is -2.22. The van der Waals surface area contributed by atoms with Crippen LogP contribution in [0.4, 0.5) is 0 Å². The van der Waals surface area contributed by atoms with E-state index in [9.17, 15) is 4.79 Å². The Balaban J connectivity index is 2.04. The Labute approximate surface area is 165 Å². The number of rotatable bonds is 6. The molecule has 0 unspecified atom stereocenters. The number of allylic oxidation sites excluding steroid dienone is 1. The van der Waals surface area contributed by atoms with Crippen LogP contribution < -0.4 is 5.56 Å². The van der Waals surface area contributed by atoms with Crippen molar-refractivity contribution in [2.45, 2.75) is 18.2 Å². The van der Waals surface area contributed by atoms with Gasteiger partial charge in [0.05, 0.1) is 12.1 Å². The molecule has 0 bridgehead atoms. The number of pyridine rings is 1. The molecule has 5 nitrogen and oxygen atoms in total. The van der Waals surface area contributed by atoms with Gasteiger partial charge in [-0.2, -0.15) is 0 Å². The topological polar surface area (TPSA) is 52.7 Å². The van der Waals surface area contributed by atoms with E-state index in [0.29, 0.717) is 34.5 Å². The van der Waals surface area contributed by atoms with Crippen LogP contribution in [0.15, 0.2) is 59.1 Å². The molecular weight excluding hydrogens is 391 g/mol. The average Bonchev–Trinajstić information content (AvgIpc) is 3.02. The van der Waals surface area contributed by atoms with Gasteiger partial charge in [-0.25, -0.2) is 0 Å². The van der Waals surface area contributed by atoms with Crippen molar-refractivity contribution in [3.63, 3.8) is 0 Å². The van der Waals surface area contributed by atoms with Gasteiger partial charge in [-0.05, 0) is 36.1 Å². The van der Waals surface area contributed by atoms with Gasteiger partial charge < -0.3 is 4.57 Å². The van der Waals surface area contributed by atoms with E-state index in [1.54, 1.807) is 35.0 Å². The number of benzene rings is 1. The Morgan fingerprint density at radius 1 is 1.27 bits per heavy atom. The minimum absolute atomic E-state index is 0.163. The second-order valence-corrected chi connectivity index (χ2v) is 7.12. The molecule has 2 heterocycles. The van der Waals surface area contributed by atoms with E-state index in [2.05, 4.69) is 16.8 Å². The lowest BCUT2D eigenvalue weighted by molar-refractivity contribution is 0.725. The van der Waals surface area contributed by atoms with Crippen LogP contribution in [0, 0.1) is 0 Å². The molecular formula is C18H16Cl2N4OS. The molecule has 8 heteroatoms. The molecule has 134 valence electrons. The number of hydrogen-bond donors (Lipinski definition) is 0. The van der Waals surface area contributed by atoms with Gasteiger partial charge >= 0.3 is 0 Å². The number of thioether (sulfide) groups is 1. The highest BCUT2D eigenvalue weighted by atomic mass is 35.5. The van der Waals surface area contributed by atoms with Gasteiger partial charge in [-0.15, -0.1) is 16.8 Å². The molecule has 26 heavy (non-hydrogen) atoms. The predicted octanol–water partition coefficient (Wildman–Crippen LogP) is 4.37. The van der Waals surface area contributed by atoms with Gasteiger partial charge in [0.1, 0.15) is 0 Å². The molecule has 1 aromatic carbocycles. The average molecular weight is 407 g/mol. The maximum absolute atomic E-state index is 13.0. The minimum atomic E-state index is -0.163. The van der Waals surface area contributed by atoms with E-state index in [4.69, 9.17) is 23.2 Å². The fourth-order valence-corrected chi connectivity index (χ4v) is 3.57. The van der Waals surface area contributed by atoms with Crippen LogP contribution in [0.25, 0.3) is 11.4 Å². The zero-order chi connectivity index (χ0) is 18.7. The van der Waals surface area contributed by atoms with Gasteiger partial charge in [0.25, 0.3) is 5.56 Å². The highest BCUT2D eigenvalue weighted by Crippen LogP contribution is 2.23. The van der Waals surface area contributed by atoms with E-state index in [0.717, 1.165) is 10.7 Å². The van der Waals surface area contributed by atoms with E-state index in [-0.39, 0.29) is 5.56 Å². The monoisotopic (exact) mass is 406 g/mol. The van der Waals surface area contributed by atoms with Crippen molar-refractivity contribution in [2.75, 3.05) is 6.26 Å². The summed E-state index contributed by atoms with van der Waals surface area (Å²) in [6.07, 6.45) is 5.39. The van der Waals surface area contributed by atoms with Crippen molar-refractivity contribution in [3.05, 3.63) is 75.1 Å². The quantitative estimate of drug-likeness (QED) is 0.450. The Hall–Kier alpha value is -2.02. The number of halogens is 2. The molecule has 2 aromatic heterocycles. The number of aromatic nitrogens is 4. The van der Waals surface area contributed by atoms with Crippen LogP contribution in [-0.2, 0) is 13.1 Å². The number of nitrogens with zero attached hydrogens (tertiary/aromatic N) is 4. The first-order chi connectivity index (χ1) is 12.5. The van der Waals surface area contributed by atoms with Gasteiger partial charge in [0, 0.05) is 22.8 Å². The SMILES string of the molecule is C=CCn1c(SC)nnc1-c1cccn(Cc2ccc(Cl)cc2Cl)c1=O. The summed E-state index contributed by atoms with van der Waals surface area (Å²) in [5, 5.41) is 10.2. The smallest absolute Gasteiger partial charge is 0.261 e. The third-order valence-electron chi connectivity index (χ3n) is 3.83. The molecule has 0 saturated carbocycles. The van der Waals surface area contributed by atoms with E-state index >= 15 is 0 Å². The summed E-state index contributed by atoms with van der Waals surface area (Å²) in [5.41, 5.74) is 1.13. The first kappa shape index (κ1) is 18.8. The normalized spacial score (nSPS) is 10.9. The van der Waals surface area contributed by atoms with Crippen LogP contribution >= 0.6 is 35.0 Å². The standard InChI is InChI=1S/C18H16Cl2N4OS/c1-3-8-24-16(21-22-18(24)26-2)14-5-4-9-23(17(14)25)11-12-6-7-13(19)10-15(12)20/h3-7,9-10H,1,8,11H2,2H3. The van der Waals surface area contributed by atoms with Crippen LogP contribution in [-0.4, -0.2) is 25.6 Å². The Bertz CT molecular complexity index is 1010. The summed E-state index contributed by atoms with van der Waals surface area (Å²) in [6.45, 7) is 4.63. The molecule has 0 amide bonds. The van der Waals surface area contributed by atoms with Crippen molar-refractivity contribution in [1.29, 1.82) is 0 Å². The molecule has 0 N–H and O–H groups in total. The fourth-order valence-electron chi connectivity index (χ4n) is 2.60. The second kappa shape index (κ2) is 8.12. The van der Waals surface area contributed by atoms with Gasteiger partial charge in [-0.3, -0.25) is 9.36 Å². The van der Waals surface area contributed by atoms with E-state index in [1.165, 1.54) is 11.8 Å². The largest absolute Gasteiger partial charge is 0.310 e. The summed E-state index contributed by atoms with van der Waals surface area (Å²) in [7, 11) is 0. The van der Waals surface area contributed by atoms with Crippen molar-refractivity contribution < 1.29 is 0 Å². The van der Waals surface area contributed by atoms with Gasteiger partial charge in [-0.1, -0.05) is 47.1 Å². The highest BCUT2D eigenvalue weighted by Gasteiger charge is 2.16. The molecule has 0 aliphatic rings. The third kappa shape index (κ3) is 3.72. The third-order valence-corrected chi connectivity index (χ3v) is 5.08. The minimum Gasteiger partial charge on any atom is -0.310 e. The summed E-state index contributed by atoms with van der Waals surface area (Å²) in [4.78, 5) is 13.0. The van der Waals surface area contributed by atoms with Crippen molar-refractivity contribution in [2.24, 2.45) is 0 Å². The first-order valence-electron chi connectivity index (χ1n) is 7.77. The van der Waals surface area contributed by atoms with Crippen molar-refractivity contribution in [1.82, 2.24) is 19.3 Å². The van der Waals surface area contributed by atoms with Crippen LogP contribution in [0.3, 0.4) is 0 Å². The van der Waals surface area contributed by atoms with Crippen LogP contribution in [0.2, 0.25) is 10.0 Å². The molecule has 0 saturated heterocycles. The van der Waals surface area contributed by atoms with Crippen LogP contribution in [0.5, 0.6) is 0 Å². The number of hydrogen-bond acceptors (Lipinski definition) is 4. The summed E-state index contributed by atoms with van der Waals surface area (Å²) < 4.78 is 3.46. The lowest BCUT2D eigenvalue weighted by atomic mass is 10.2. The predicted molar refractivity (Wildman–Crippen MR) is 107 cm³/mol. The van der Waals surface area contributed by atoms with Crippen molar-refractivity contribution in [3.8, 4) is 11.4 Å². The molecule has 0 atom stereocenters. The van der Waals surface area contributed by atoms with Crippen LogP contribution in [0.1, 0.15) is 5.56 Å². The second-order valence-electron chi connectivity index (χ2n) is 5.50. The Kier molecular flexibility index (Phi) is 5.86. The molecule has 0 aliphatic heterocycles. The molecule has 3 aromatic rings. The van der Waals surface area contributed by atoms with Gasteiger partial charge in [0.15, 0.2) is 11.0 Å². The highest BCUT2D eigenvalue weighted by molar-refractivity contribution is 7.98. The lowest BCUT2D eigenvalue weighted by Gasteiger charge is -2.11. The Morgan fingerprint density at radius 3 is 2.77 bits per heavy atom. The summed E-state index contributed by atoms with van der Waals surface area (Å²) >= 11 is 13.6. The summed E-state index contributed by atoms with van der Waals surface area (Å²) in [6, 6.07) is 8.79. The zero-order valence-corrected chi connectivity index (χ0v) is 16.4. The fraction of sp³-hybridized carbons (Fsp3) is 0.167. The molecule has 0 spiro atoms. The Morgan fingerprint density at radius 2 is 2.08 bits per heavy atom. The van der Waals surface area contributed by atoms with E-state index in [1.807, 2.05) is 23.0 Å². The molecule has 0 fully saturated rings. The molecule has 0 radical (unpaired) electrons. The van der Waals surface area contributed by atoms with E-state index < -0.39 is 0 Å². The van der Waals surface area contributed by atoms with Crippen molar-refractivity contribution >= 4 is 35.0 Å². The maximum atomic E-state index is 13.0. The van der Waals surface area contributed by atoms with Gasteiger partial charge in [0.2, 0.25) is 0 Å². The zero-order valence-electron chi connectivity index (χ0n) is 14.0. The molecule has 0 aliphatic carbocycles.